The van der Waals surface area contributed by atoms with Crippen LogP contribution in [-0.2, 0) is 0 Å². The van der Waals surface area contributed by atoms with Crippen molar-refractivity contribution < 1.29 is 14.0 Å². The molecule has 3 rings (SSSR count). The standard InChI is InChI=1S/C16H18N4O3/c1-11-10-13(18-12(2)17-11)15(21)19-5-7-20(8-6-19)16(22)14-4-3-9-23-14/h3-4,9-10H,5-8H2,1-2H3. The van der Waals surface area contributed by atoms with Crippen molar-refractivity contribution in [1.82, 2.24) is 19.8 Å². The first kappa shape index (κ1) is 15.2. The van der Waals surface area contributed by atoms with Crippen molar-refractivity contribution in [3.8, 4) is 0 Å². The summed E-state index contributed by atoms with van der Waals surface area (Å²) >= 11 is 0. The third-order valence-corrected chi connectivity index (χ3v) is 3.77. The van der Waals surface area contributed by atoms with E-state index in [1.165, 1.54) is 6.26 Å². The van der Waals surface area contributed by atoms with E-state index < -0.39 is 0 Å². The third kappa shape index (κ3) is 3.23. The van der Waals surface area contributed by atoms with Crippen molar-refractivity contribution in [1.29, 1.82) is 0 Å². The van der Waals surface area contributed by atoms with E-state index in [-0.39, 0.29) is 11.8 Å². The lowest BCUT2D eigenvalue weighted by molar-refractivity contribution is 0.0515. The van der Waals surface area contributed by atoms with Gasteiger partial charge < -0.3 is 14.2 Å². The van der Waals surface area contributed by atoms with Gasteiger partial charge in [0.05, 0.1) is 6.26 Å². The molecule has 0 atom stereocenters. The minimum Gasteiger partial charge on any atom is -0.459 e. The molecule has 3 heterocycles. The monoisotopic (exact) mass is 314 g/mol. The third-order valence-electron chi connectivity index (χ3n) is 3.77. The van der Waals surface area contributed by atoms with Crippen LogP contribution in [0.2, 0.25) is 0 Å². The van der Waals surface area contributed by atoms with E-state index in [0.717, 1.165) is 5.69 Å². The van der Waals surface area contributed by atoms with Crippen LogP contribution in [0.15, 0.2) is 28.9 Å². The molecule has 1 saturated heterocycles. The zero-order chi connectivity index (χ0) is 16.4. The van der Waals surface area contributed by atoms with Crippen LogP contribution in [0, 0.1) is 13.8 Å². The second-order valence-corrected chi connectivity index (χ2v) is 5.50. The highest BCUT2D eigenvalue weighted by Gasteiger charge is 2.27. The van der Waals surface area contributed by atoms with Crippen LogP contribution in [-0.4, -0.2) is 57.8 Å². The van der Waals surface area contributed by atoms with Gasteiger partial charge in [-0.2, -0.15) is 0 Å². The summed E-state index contributed by atoms with van der Waals surface area (Å²) in [7, 11) is 0. The molecule has 23 heavy (non-hydrogen) atoms. The molecule has 0 aromatic carbocycles. The second-order valence-electron chi connectivity index (χ2n) is 5.50. The summed E-state index contributed by atoms with van der Waals surface area (Å²) in [5.74, 6) is 0.645. The molecular weight excluding hydrogens is 296 g/mol. The normalized spacial score (nSPS) is 14.9. The van der Waals surface area contributed by atoms with Crippen molar-refractivity contribution in [3.63, 3.8) is 0 Å². The molecule has 1 fully saturated rings. The molecule has 7 nitrogen and oxygen atoms in total. The Bertz CT molecular complexity index is 699. The molecule has 0 bridgehead atoms. The van der Waals surface area contributed by atoms with E-state index in [0.29, 0.717) is 43.5 Å². The molecule has 2 aromatic heterocycles. The van der Waals surface area contributed by atoms with E-state index in [4.69, 9.17) is 4.42 Å². The highest BCUT2D eigenvalue weighted by molar-refractivity contribution is 5.93. The minimum absolute atomic E-state index is 0.122. The Morgan fingerprint density at radius 3 is 2.26 bits per heavy atom. The predicted octanol–water partition coefficient (Wildman–Crippen LogP) is 1.28. The Morgan fingerprint density at radius 1 is 1.04 bits per heavy atom. The van der Waals surface area contributed by atoms with E-state index in [9.17, 15) is 9.59 Å². The number of amides is 2. The molecule has 7 heteroatoms. The topological polar surface area (TPSA) is 79.5 Å². The zero-order valence-electron chi connectivity index (χ0n) is 13.2. The molecule has 0 saturated carbocycles. The maximum absolute atomic E-state index is 12.5. The highest BCUT2D eigenvalue weighted by atomic mass is 16.3. The molecule has 2 aromatic rings. The van der Waals surface area contributed by atoms with Crippen LogP contribution in [0.25, 0.3) is 0 Å². The number of nitrogens with zero attached hydrogens (tertiary/aromatic N) is 4. The summed E-state index contributed by atoms with van der Waals surface area (Å²) in [6.45, 7) is 5.53. The van der Waals surface area contributed by atoms with E-state index in [2.05, 4.69) is 9.97 Å². The summed E-state index contributed by atoms with van der Waals surface area (Å²) < 4.78 is 5.13. The Hall–Kier alpha value is -2.70. The maximum atomic E-state index is 12.5. The average Bonchev–Trinajstić information content (AvgIpc) is 3.07. The summed E-state index contributed by atoms with van der Waals surface area (Å²) in [4.78, 5) is 36.5. The molecule has 0 N–H and O–H groups in total. The van der Waals surface area contributed by atoms with E-state index in [1.54, 1.807) is 34.9 Å². The second kappa shape index (κ2) is 6.20. The molecule has 0 spiro atoms. The molecular formula is C16H18N4O3. The average molecular weight is 314 g/mol. The van der Waals surface area contributed by atoms with Crippen molar-refractivity contribution in [2.75, 3.05) is 26.2 Å². The fourth-order valence-corrected chi connectivity index (χ4v) is 2.66. The molecule has 0 radical (unpaired) electrons. The number of aryl methyl sites for hydroxylation is 2. The van der Waals surface area contributed by atoms with Crippen molar-refractivity contribution in [3.05, 3.63) is 47.4 Å². The van der Waals surface area contributed by atoms with Gasteiger partial charge in [-0.3, -0.25) is 9.59 Å². The predicted molar refractivity (Wildman–Crippen MR) is 82.0 cm³/mol. The smallest absolute Gasteiger partial charge is 0.289 e. The number of furan rings is 1. The first-order valence-electron chi connectivity index (χ1n) is 7.49. The summed E-state index contributed by atoms with van der Waals surface area (Å²) in [5.41, 5.74) is 1.17. The van der Waals surface area contributed by atoms with Gasteiger partial charge in [0, 0.05) is 31.9 Å². The summed E-state index contributed by atoms with van der Waals surface area (Å²) in [6.07, 6.45) is 1.48. The Balaban J connectivity index is 1.64. The van der Waals surface area contributed by atoms with Gasteiger partial charge in [0.25, 0.3) is 11.8 Å². The van der Waals surface area contributed by atoms with Gasteiger partial charge in [-0.25, -0.2) is 9.97 Å². The van der Waals surface area contributed by atoms with Crippen LogP contribution >= 0.6 is 0 Å². The van der Waals surface area contributed by atoms with Crippen molar-refractivity contribution in [2.45, 2.75) is 13.8 Å². The Labute approximate surface area is 133 Å². The lowest BCUT2D eigenvalue weighted by Gasteiger charge is -2.34. The van der Waals surface area contributed by atoms with Gasteiger partial charge in [0.1, 0.15) is 11.5 Å². The molecule has 1 aliphatic heterocycles. The largest absolute Gasteiger partial charge is 0.459 e. The maximum Gasteiger partial charge on any atom is 0.289 e. The minimum atomic E-state index is -0.143. The fraction of sp³-hybridized carbons (Fsp3) is 0.375. The van der Waals surface area contributed by atoms with Gasteiger partial charge in [0.15, 0.2) is 5.76 Å². The van der Waals surface area contributed by atoms with Gasteiger partial charge in [-0.05, 0) is 32.0 Å². The molecule has 2 amide bonds. The van der Waals surface area contributed by atoms with Crippen molar-refractivity contribution in [2.24, 2.45) is 0 Å². The molecule has 0 unspecified atom stereocenters. The summed E-state index contributed by atoms with van der Waals surface area (Å²) in [6, 6.07) is 5.02. The van der Waals surface area contributed by atoms with Crippen LogP contribution in [0.1, 0.15) is 32.6 Å². The van der Waals surface area contributed by atoms with E-state index >= 15 is 0 Å². The number of carbonyl (C=O) groups excluding carboxylic acids is 2. The first-order chi connectivity index (χ1) is 11.0. The highest BCUT2D eigenvalue weighted by Crippen LogP contribution is 2.12. The van der Waals surface area contributed by atoms with E-state index in [1.807, 2.05) is 6.92 Å². The molecule has 0 aliphatic carbocycles. The van der Waals surface area contributed by atoms with Gasteiger partial charge >= 0.3 is 0 Å². The Kier molecular flexibility index (Phi) is 4.10. The quantitative estimate of drug-likeness (QED) is 0.834. The number of rotatable bonds is 2. The molecule has 120 valence electrons. The number of aromatic nitrogens is 2. The SMILES string of the molecule is Cc1cc(C(=O)N2CCN(C(=O)c3ccco3)CC2)nc(C)n1. The van der Waals surface area contributed by atoms with Crippen LogP contribution in [0.3, 0.4) is 0 Å². The van der Waals surface area contributed by atoms with Crippen LogP contribution < -0.4 is 0 Å². The number of carbonyl (C=O) groups is 2. The number of piperazine rings is 1. The first-order valence-corrected chi connectivity index (χ1v) is 7.49. The van der Waals surface area contributed by atoms with Gasteiger partial charge in [-0.15, -0.1) is 0 Å². The lowest BCUT2D eigenvalue weighted by Crippen LogP contribution is -2.50. The zero-order valence-corrected chi connectivity index (χ0v) is 13.2. The lowest BCUT2D eigenvalue weighted by atomic mass is 10.2. The van der Waals surface area contributed by atoms with Gasteiger partial charge in [0.2, 0.25) is 0 Å². The Morgan fingerprint density at radius 2 is 1.70 bits per heavy atom. The summed E-state index contributed by atoms with van der Waals surface area (Å²) in [5, 5.41) is 0. The molecule has 1 aliphatic rings. The number of hydrogen-bond donors (Lipinski definition) is 0. The van der Waals surface area contributed by atoms with Crippen molar-refractivity contribution >= 4 is 11.8 Å². The number of hydrogen-bond acceptors (Lipinski definition) is 5. The fourth-order valence-electron chi connectivity index (χ4n) is 2.66. The van der Waals surface area contributed by atoms with Gasteiger partial charge in [-0.1, -0.05) is 0 Å². The van der Waals surface area contributed by atoms with Crippen LogP contribution in [0.4, 0.5) is 0 Å². The van der Waals surface area contributed by atoms with Crippen LogP contribution in [0.5, 0.6) is 0 Å².